The van der Waals surface area contributed by atoms with Crippen LogP contribution < -0.4 is 32.0 Å². The first-order valence-corrected chi connectivity index (χ1v) is 34.0. The van der Waals surface area contributed by atoms with Gasteiger partial charge < -0.3 is 0 Å². The minimum absolute atomic E-state index is 0.992. The third-order valence-electron chi connectivity index (χ3n) is 11.7. The second-order valence-electron chi connectivity index (χ2n) is 18.5. The lowest BCUT2D eigenvalue weighted by Crippen LogP contribution is -1.95. The Morgan fingerprint density at radius 1 is 0.227 bits per heavy atom. The number of rotatable bonds is 2. The summed E-state index contributed by atoms with van der Waals surface area (Å²) in [5, 5.41) is 13.2. The molecule has 12 aromatic rings. The van der Waals surface area contributed by atoms with E-state index in [0.717, 1.165) is 49.7 Å². The van der Waals surface area contributed by atoms with Gasteiger partial charge in [-0.3, -0.25) is 29.9 Å². The summed E-state index contributed by atoms with van der Waals surface area (Å²) in [5.41, 5.74) is 14.8. The predicted molar refractivity (Wildman–Crippen MR) is 419 cm³/mol. The van der Waals surface area contributed by atoms with Crippen molar-refractivity contribution in [2.24, 2.45) is 0 Å². The topological polar surface area (TPSA) is 77.3 Å². The lowest BCUT2D eigenvalue weighted by Gasteiger charge is -2.01. The van der Waals surface area contributed by atoms with E-state index in [9.17, 15) is 0 Å². The average Bonchev–Trinajstić information content (AvgIpc) is 3.73. The van der Waals surface area contributed by atoms with Gasteiger partial charge in [0, 0.05) is 75.5 Å². The maximum Gasteiger partial charge on any atom is 0.0708 e. The van der Waals surface area contributed by atoms with Crippen LogP contribution in [0.4, 0.5) is 0 Å². The summed E-state index contributed by atoms with van der Waals surface area (Å²) in [6, 6.07) is 58.6. The maximum atomic E-state index is 4.37. The van der Waals surface area contributed by atoms with Crippen LogP contribution in [0.25, 0.3) is 65.9 Å². The molecule has 88 heavy (non-hydrogen) atoms. The van der Waals surface area contributed by atoms with E-state index in [1.54, 1.807) is 0 Å². The fraction of sp³-hybridized carbons (Fsp3) is 0.237. The van der Waals surface area contributed by atoms with Crippen LogP contribution in [-0.2, 0) is 0 Å². The second-order valence-corrected chi connectivity index (χ2v) is 22.4. The molecule has 0 aliphatic heterocycles. The molecule has 12 rings (SSSR count). The van der Waals surface area contributed by atoms with Crippen LogP contribution in [0.3, 0.4) is 0 Å². The van der Waals surface area contributed by atoms with Gasteiger partial charge in [-0.05, 0) is 156 Å². The molecule has 6 atom stereocenters. The highest BCUT2D eigenvalue weighted by molar-refractivity contribution is 7.28. The van der Waals surface area contributed by atoms with Crippen LogP contribution in [-0.4, -0.2) is 29.9 Å². The summed E-state index contributed by atoms with van der Waals surface area (Å²) < 4.78 is 0. The highest BCUT2D eigenvalue weighted by atomic mass is 31.0. The maximum absolute atomic E-state index is 4.37. The van der Waals surface area contributed by atoms with Crippen molar-refractivity contribution < 1.29 is 0 Å². The smallest absolute Gasteiger partial charge is 0.0708 e. The highest BCUT2D eigenvalue weighted by Gasteiger charge is 2.01. The number of fused-ring (bicyclic) bond motifs is 4. The first-order valence-electron chi connectivity index (χ1n) is 30.6. The largest absolute Gasteiger partial charge is 0.261 e. The molecule has 0 aliphatic rings. The zero-order valence-electron chi connectivity index (χ0n) is 55.8. The highest BCUT2D eigenvalue weighted by Crippen LogP contribution is 2.19. The van der Waals surface area contributed by atoms with E-state index in [0.29, 0.717) is 0 Å². The van der Waals surface area contributed by atoms with Gasteiger partial charge in [-0.2, -0.15) is 0 Å². The van der Waals surface area contributed by atoms with E-state index >= 15 is 0 Å². The molecule has 6 aromatic carbocycles. The van der Waals surface area contributed by atoms with Crippen LogP contribution >= 0.6 is 55.4 Å². The SMILES string of the molecule is CC.CC.CC.CC.CC.CC.Cc1cc2ccc(P)cc2cn1.Cc1ccc(-c2ccc(P)cc2)nc1.Cc1ccc(-c2ccc(P)cn2)cc1.Cc1ccc2cc(P)cnc2c1.Cc1ccc2cc(P)ncc2c1.Cc1cnc2cc(P)ccc2c1. The summed E-state index contributed by atoms with van der Waals surface area (Å²) in [4.78, 5) is 25.8. The molecule has 0 bridgehead atoms. The minimum atomic E-state index is 0.992. The van der Waals surface area contributed by atoms with Gasteiger partial charge in [0.2, 0.25) is 0 Å². The summed E-state index contributed by atoms with van der Waals surface area (Å²) in [7, 11) is 15.9. The van der Waals surface area contributed by atoms with Crippen LogP contribution in [0.5, 0.6) is 0 Å². The Balaban J connectivity index is 0.000000510. The Hall–Kier alpha value is -6.16. The van der Waals surface area contributed by atoms with Crippen molar-refractivity contribution in [3.63, 3.8) is 0 Å². The first-order chi connectivity index (χ1) is 42.5. The number of hydrogen-bond acceptors (Lipinski definition) is 6. The molecule has 0 saturated carbocycles. The Morgan fingerprint density at radius 3 is 1.20 bits per heavy atom. The van der Waals surface area contributed by atoms with Gasteiger partial charge >= 0.3 is 0 Å². The fourth-order valence-electron chi connectivity index (χ4n) is 7.64. The lowest BCUT2D eigenvalue weighted by atomic mass is 10.1. The van der Waals surface area contributed by atoms with Gasteiger partial charge in [0.25, 0.3) is 0 Å². The fourth-order valence-corrected chi connectivity index (χ4v) is 9.04. The summed E-state index contributed by atoms with van der Waals surface area (Å²) in [5.74, 6) is 0. The summed E-state index contributed by atoms with van der Waals surface area (Å²) in [6.45, 7) is 36.4. The van der Waals surface area contributed by atoms with E-state index in [4.69, 9.17) is 0 Å². The number of aromatic nitrogens is 6. The van der Waals surface area contributed by atoms with Crippen LogP contribution in [0.2, 0.25) is 0 Å². The Kier molecular flexibility index (Phi) is 41.7. The second kappa shape index (κ2) is 46.0. The molecule has 6 unspecified atom stereocenters. The Labute approximate surface area is 544 Å². The lowest BCUT2D eigenvalue weighted by molar-refractivity contribution is 1.22. The van der Waals surface area contributed by atoms with Crippen LogP contribution in [0.1, 0.15) is 117 Å². The molecule has 464 valence electrons. The van der Waals surface area contributed by atoms with E-state index in [1.807, 2.05) is 152 Å². The minimum Gasteiger partial charge on any atom is -0.261 e. The van der Waals surface area contributed by atoms with Crippen LogP contribution in [0, 0.1) is 41.5 Å². The number of benzene rings is 6. The van der Waals surface area contributed by atoms with Gasteiger partial charge in [-0.25, -0.2) is 0 Å². The van der Waals surface area contributed by atoms with Crippen molar-refractivity contribution in [3.8, 4) is 22.5 Å². The molecule has 6 aromatic heterocycles. The molecular weight excluding hydrogens is 1180 g/mol. The van der Waals surface area contributed by atoms with Crippen LogP contribution in [0.15, 0.2) is 207 Å². The molecule has 0 aliphatic carbocycles. The monoisotopic (exact) mass is 1280 g/mol. The normalized spacial score (nSPS) is 9.36. The average molecular weight is 1280 g/mol. The van der Waals surface area contributed by atoms with Gasteiger partial charge in [0.15, 0.2) is 0 Å². The van der Waals surface area contributed by atoms with E-state index in [-0.39, 0.29) is 0 Å². The van der Waals surface area contributed by atoms with E-state index < -0.39 is 0 Å². The Bertz CT molecular complexity index is 3170. The van der Waals surface area contributed by atoms with E-state index in [2.05, 4.69) is 265 Å². The van der Waals surface area contributed by atoms with Gasteiger partial charge in [0.1, 0.15) is 0 Å². The van der Waals surface area contributed by atoms with Crippen molar-refractivity contribution >= 4 is 131 Å². The number of nitrogens with zero attached hydrogens (tertiary/aromatic N) is 6. The molecule has 6 nitrogen and oxygen atoms in total. The third-order valence-corrected chi connectivity index (χ3v) is 13.8. The standard InChI is InChI=1S/2C12H12NP.4C10H10NP.6C2H6/c1-9-2-7-12(13-8-9)10-3-5-11(14)6-4-10;1-9-2-4-10(5-3-9)12-7-6-11(14)8-13-12;1-7-4-8-2-3-10(12)5-9(8)6-11-7;1-7-4-8-2-3-9(12)5-10(8)11-6-7;1-7-2-3-8-5-9(12)6-11-10(8)4-7;1-7-2-3-8-5-10(12)11-6-9(8)4-7;6*1-2/h2*2-8H,14H2,1H3;4*2-6H,12H2,1H3;6*1-2H3. The van der Waals surface area contributed by atoms with E-state index in [1.165, 1.54) is 81.6 Å². The quantitative estimate of drug-likeness (QED) is 0.161. The zero-order valence-corrected chi connectivity index (χ0v) is 62.7. The van der Waals surface area contributed by atoms with Crippen molar-refractivity contribution in [2.45, 2.75) is 125 Å². The molecular formula is C76H100N6P6. The third kappa shape index (κ3) is 29.4. The van der Waals surface area contributed by atoms with Gasteiger partial charge in [-0.15, -0.1) is 46.2 Å². The first kappa shape index (κ1) is 79.9. The molecule has 0 saturated heterocycles. The van der Waals surface area contributed by atoms with Crippen molar-refractivity contribution in [1.82, 2.24) is 29.9 Å². The zero-order chi connectivity index (χ0) is 66.1. The molecule has 12 heteroatoms. The van der Waals surface area contributed by atoms with Crippen molar-refractivity contribution in [2.75, 3.05) is 0 Å². The molecule has 0 N–H and O–H groups in total. The summed E-state index contributed by atoms with van der Waals surface area (Å²) in [6.07, 6.45) is 11.3. The number of hydrogen-bond donors (Lipinski definition) is 0. The molecule has 0 fully saturated rings. The predicted octanol–water partition coefficient (Wildman–Crippen LogP) is 19.4. The Morgan fingerprint density at radius 2 is 0.614 bits per heavy atom. The molecule has 0 amide bonds. The molecule has 0 spiro atoms. The molecule has 0 radical (unpaired) electrons. The number of pyridine rings is 6. The van der Waals surface area contributed by atoms with Gasteiger partial charge in [-0.1, -0.05) is 213 Å². The van der Waals surface area contributed by atoms with Crippen molar-refractivity contribution in [3.05, 3.63) is 241 Å². The molecule has 6 heterocycles. The summed E-state index contributed by atoms with van der Waals surface area (Å²) >= 11 is 0. The van der Waals surface area contributed by atoms with Crippen molar-refractivity contribution in [1.29, 1.82) is 0 Å². The van der Waals surface area contributed by atoms with Gasteiger partial charge in [0.05, 0.1) is 27.9 Å². The number of aryl methyl sites for hydroxylation is 6.